The molecule has 0 spiro atoms. The van der Waals surface area contributed by atoms with Crippen molar-refractivity contribution in [3.63, 3.8) is 0 Å². The summed E-state index contributed by atoms with van der Waals surface area (Å²) < 4.78 is 0. The van der Waals surface area contributed by atoms with Gasteiger partial charge in [0.1, 0.15) is 0 Å². The average molecular weight is 359 g/mol. The highest BCUT2D eigenvalue weighted by Gasteiger charge is 2.14. The molecule has 0 aromatic heterocycles. The molecule has 0 unspecified atom stereocenters. The predicted molar refractivity (Wildman–Crippen MR) is 102 cm³/mol. The third kappa shape index (κ3) is 4.83. The first kappa shape index (κ1) is 19.0. The fourth-order valence-corrected chi connectivity index (χ4v) is 2.94. The number of hydrogen-bond acceptors (Lipinski definition) is 2. The van der Waals surface area contributed by atoms with Crippen LogP contribution in [0.15, 0.2) is 36.4 Å². The third-order valence-electron chi connectivity index (χ3n) is 4.07. The second-order valence-corrected chi connectivity index (χ2v) is 6.24. The Morgan fingerprint density at radius 3 is 2.24 bits per heavy atom. The van der Waals surface area contributed by atoms with Crippen LogP contribution >= 0.6 is 11.6 Å². The zero-order valence-corrected chi connectivity index (χ0v) is 15.5. The van der Waals surface area contributed by atoms with Gasteiger partial charge in [0.05, 0.1) is 0 Å². The molecule has 0 aliphatic rings. The molecule has 0 saturated carbocycles. The van der Waals surface area contributed by atoms with Crippen molar-refractivity contribution in [3.8, 4) is 0 Å². The van der Waals surface area contributed by atoms with Gasteiger partial charge in [-0.2, -0.15) is 0 Å². The SMILES string of the molecule is CCc1ccc(Cl)c(CC)c1NC(=O)c1ccc(CNC(C)=O)cc1. The molecule has 2 N–H and O–H groups in total. The van der Waals surface area contributed by atoms with Gasteiger partial charge in [-0.05, 0) is 47.7 Å². The Labute approximate surface area is 153 Å². The van der Waals surface area contributed by atoms with Crippen LogP contribution in [0.3, 0.4) is 0 Å². The van der Waals surface area contributed by atoms with Gasteiger partial charge < -0.3 is 10.6 Å². The lowest BCUT2D eigenvalue weighted by atomic mass is 10.0. The Hall–Kier alpha value is -2.33. The average Bonchev–Trinajstić information content (AvgIpc) is 2.60. The molecule has 0 heterocycles. The molecular weight excluding hydrogens is 336 g/mol. The molecule has 0 aliphatic carbocycles. The molecule has 0 radical (unpaired) electrons. The van der Waals surface area contributed by atoms with E-state index in [9.17, 15) is 9.59 Å². The minimum atomic E-state index is -0.169. The fraction of sp³-hybridized carbons (Fsp3) is 0.300. The zero-order valence-electron chi connectivity index (χ0n) is 14.8. The third-order valence-corrected chi connectivity index (χ3v) is 4.43. The number of halogens is 1. The zero-order chi connectivity index (χ0) is 18.4. The van der Waals surface area contributed by atoms with Crippen molar-refractivity contribution >= 4 is 29.1 Å². The Morgan fingerprint density at radius 1 is 1.00 bits per heavy atom. The molecule has 2 aromatic carbocycles. The summed E-state index contributed by atoms with van der Waals surface area (Å²) in [5.41, 5.74) is 4.34. The smallest absolute Gasteiger partial charge is 0.255 e. The highest BCUT2D eigenvalue weighted by molar-refractivity contribution is 6.32. The second kappa shape index (κ2) is 8.67. The summed E-state index contributed by atoms with van der Waals surface area (Å²) in [6.07, 6.45) is 1.56. The van der Waals surface area contributed by atoms with E-state index in [2.05, 4.69) is 17.6 Å². The van der Waals surface area contributed by atoms with Gasteiger partial charge in [-0.15, -0.1) is 0 Å². The van der Waals surface area contributed by atoms with Crippen LogP contribution in [0.5, 0.6) is 0 Å². The highest BCUT2D eigenvalue weighted by Crippen LogP contribution is 2.30. The number of benzene rings is 2. The van der Waals surface area contributed by atoms with E-state index in [-0.39, 0.29) is 11.8 Å². The number of nitrogens with one attached hydrogen (secondary N) is 2. The Bertz CT molecular complexity index is 770. The van der Waals surface area contributed by atoms with Crippen LogP contribution in [0.4, 0.5) is 5.69 Å². The molecule has 0 bridgehead atoms. The summed E-state index contributed by atoms with van der Waals surface area (Å²) in [5.74, 6) is -0.250. The molecular formula is C20H23ClN2O2. The Balaban J connectivity index is 2.20. The van der Waals surface area contributed by atoms with Crippen molar-refractivity contribution in [2.24, 2.45) is 0 Å². The van der Waals surface area contributed by atoms with E-state index in [1.165, 1.54) is 6.92 Å². The van der Waals surface area contributed by atoms with E-state index >= 15 is 0 Å². The van der Waals surface area contributed by atoms with Crippen molar-refractivity contribution in [3.05, 3.63) is 63.7 Å². The van der Waals surface area contributed by atoms with Gasteiger partial charge in [0.15, 0.2) is 0 Å². The van der Waals surface area contributed by atoms with E-state index < -0.39 is 0 Å². The first-order chi connectivity index (χ1) is 12.0. The molecule has 2 rings (SSSR count). The van der Waals surface area contributed by atoms with E-state index in [4.69, 9.17) is 11.6 Å². The number of carbonyl (C=O) groups is 2. The van der Waals surface area contributed by atoms with Crippen molar-refractivity contribution in [1.82, 2.24) is 5.32 Å². The first-order valence-corrected chi connectivity index (χ1v) is 8.79. The second-order valence-electron chi connectivity index (χ2n) is 5.83. The highest BCUT2D eigenvalue weighted by atomic mass is 35.5. The molecule has 0 saturated heterocycles. The standard InChI is InChI=1S/C20H23ClN2O2/c1-4-15-10-11-18(21)17(5-2)19(15)23-20(25)16-8-6-14(7-9-16)12-22-13(3)24/h6-11H,4-5,12H2,1-3H3,(H,22,24)(H,23,25). The maximum absolute atomic E-state index is 12.6. The van der Waals surface area contributed by atoms with Crippen LogP contribution in [0.25, 0.3) is 0 Å². The lowest BCUT2D eigenvalue weighted by molar-refractivity contribution is -0.119. The van der Waals surface area contributed by atoms with Gasteiger partial charge in [0.2, 0.25) is 5.91 Å². The molecule has 5 heteroatoms. The van der Waals surface area contributed by atoms with Gasteiger partial charge in [-0.25, -0.2) is 0 Å². The number of hydrogen-bond donors (Lipinski definition) is 2. The number of carbonyl (C=O) groups excluding carboxylic acids is 2. The Kier molecular flexibility index (Phi) is 6.59. The van der Waals surface area contributed by atoms with Crippen LogP contribution < -0.4 is 10.6 Å². The summed E-state index contributed by atoms with van der Waals surface area (Å²) >= 11 is 6.28. The van der Waals surface area contributed by atoms with Crippen molar-refractivity contribution < 1.29 is 9.59 Å². The topological polar surface area (TPSA) is 58.2 Å². The molecule has 25 heavy (non-hydrogen) atoms. The van der Waals surface area contributed by atoms with E-state index in [0.29, 0.717) is 17.1 Å². The first-order valence-electron chi connectivity index (χ1n) is 8.41. The molecule has 0 fully saturated rings. The van der Waals surface area contributed by atoms with Gasteiger partial charge in [-0.3, -0.25) is 9.59 Å². The van der Waals surface area contributed by atoms with Gasteiger partial charge in [0, 0.05) is 29.7 Å². The largest absolute Gasteiger partial charge is 0.352 e. The minimum absolute atomic E-state index is 0.0815. The molecule has 132 valence electrons. The summed E-state index contributed by atoms with van der Waals surface area (Å²) in [4.78, 5) is 23.6. The molecule has 0 aliphatic heterocycles. The molecule has 4 nitrogen and oxygen atoms in total. The van der Waals surface area contributed by atoms with E-state index in [0.717, 1.165) is 35.2 Å². The van der Waals surface area contributed by atoms with Crippen molar-refractivity contribution in [2.45, 2.75) is 40.2 Å². The minimum Gasteiger partial charge on any atom is -0.352 e. The summed E-state index contributed by atoms with van der Waals surface area (Å²) in [6.45, 7) is 6.00. The summed E-state index contributed by atoms with van der Waals surface area (Å²) in [6, 6.07) is 11.0. The van der Waals surface area contributed by atoms with Gasteiger partial charge in [-0.1, -0.05) is 43.6 Å². The van der Waals surface area contributed by atoms with Crippen LogP contribution in [0.2, 0.25) is 5.02 Å². The lowest BCUT2D eigenvalue weighted by Gasteiger charge is -2.16. The quantitative estimate of drug-likeness (QED) is 0.806. The van der Waals surface area contributed by atoms with Crippen LogP contribution in [-0.2, 0) is 24.2 Å². The lowest BCUT2D eigenvalue weighted by Crippen LogP contribution is -2.19. The predicted octanol–water partition coefficient (Wildman–Crippen LogP) is 4.35. The number of amides is 2. The molecule has 2 amide bonds. The van der Waals surface area contributed by atoms with Crippen molar-refractivity contribution in [2.75, 3.05) is 5.32 Å². The number of rotatable bonds is 6. The molecule has 0 atom stereocenters. The maximum atomic E-state index is 12.6. The van der Waals surface area contributed by atoms with Crippen molar-refractivity contribution in [1.29, 1.82) is 0 Å². The molecule has 2 aromatic rings. The number of aryl methyl sites for hydroxylation is 1. The maximum Gasteiger partial charge on any atom is 0.255 e. The normalized spacial score (nSPS) is 10.4. The summed E-state index contributed by atoms with van der Waals surface area (Å²) in [7, 11) is 0. The van der Waals surface area contributed by atoms with E-state index in [1.54, 1.807) is 12.1 Å². The fourth-order valence-electron chi connectivity index (χ4n) is 2.65. The Morgan fingerprint density at radius 2 is 1.68 bits per heavy atom. The monoisotopic (exact) mass is 358 g/mol. The summed E-state index contributed by atoms with van der Waals surface area (Å²) in [5, 5.41) is 6.41. The van der Waals surface area contributed by atoms with Crippen LogP contribution in [0, 0.1) is 0 Å². The van der Waals surface area contributed by atoms with E-state index in [1.807, 2.05) is 31.2 Å². The number of anilines is 1. The van der Waals surface area contributed by atoms with Crippen LogP contribution in [-0.4, -0.2) is 11.8 Å². The van der Waals surface area contributed by atoms with Crippen LogP contribution in [0.1, 0.15) is 47.8 Å². The van der Waals surface area contributed by atoms with Gasteiger partial charge in [0.25, 0.3) is 5.91 Å². The van der Waals surface area contributed by atoms with Gasteiger partial charge >= 0.3 is 0 Å².